The Hall–Kier alpha value is -1.95. The summed E-state index contributed by atoms with van der Waals surface area (Å²) in [5, 5.41) is 9.17. The van der Waals surface area contributed by atoms with Gasteiger partial charge < -0.3 is 10.0 Å². The molecule has 1 aromatic heterocycles. The number of nitrogens with zero attached hydrogens (tertiary/aromatic N) is 3. The van der Waals surface area contributed by atoms with Gasteiger partial charge in [-0.05, 0) is 30.2 Å². The molecule has 0 radical (unpaired) electrons. The van der Waals surface area contributed by atoms with Gasteiger partial charge >= 0.3 is 5.97 Å². The summed E-state index contributed by atoms with van der Waals surface area (Å²) < 4.78 is 0.993. The van der Waals surface area contributed by atoms with Gasteiger partial charge in [0.25, 0.3) is 0 Å². The van der Waals surface area contributed by atoms with Crippen molar-refractivity contribution in [1.82, 2.24) is 9.97 Å². The molecule has 0 aliphatic carbocycles. The third-order valence-corrected chi connectivity index (χ3v) is 3.50. The minimum atomic E-state index is -1.03. The number of hydrogen-bond acceptors (Lipinski definition) is 4. The average Bonchev–Trinajstić information content (AvgIpc) is 2.42. The number of halogens is 1. The van der Waals surface area contributed by atoms with Crippen LogP contribution in [0.5, 0.6) is 0 Å². The third-order valence-electron chi connectivity index (χ3n) is 3.00. The van der Waals surface area contributed by atoms with Gasteiger partial charge in [0.1, 0.15) is 17.7 Å². The van der Waals surface area contributed by atoms with Gasteiger partial charge in [-0.25, -0.2) is 14.8 Å². The number of aromatic nitrogens is 2. The zero-order valence-electron chi connectivity index (χ0n) is 11.2. The van der Waals surface area contributed by atoms with E-state index in [1.54, 1.807) is 4.90 Å². The van der Waals surface area contributed by atoms with Crippen molar-refractivity contribution in [2.24, 2.45) is 0 Å². The minimum absolute atomic E-state index is 0.0997. The minimum Gasteiger partial charge on any atom is -0.477 e. The summed E-state index contributed by atoms with van der Waals surface area (Å²) >= 11 is 3.44. The maximum Gasteiger partial charge on any atom is 0.341 e. The Labute approximate surface area is 125 Å². The highest BCUT2D eigenvalue weighted by molar-refractivity contribution is 9.10. The molecule has 0 saturated heterocycles. The first kappa shape index (κ1) is 14.5. The first-order valence-corrected chi connectivity index (χ1v) is 6.78. The van der Waals surface area contributed by atoms with E-state index in [-0.39, 0.29) is 5.56 Å². The van der Waals surface area contributed by atoms with E-state index in [1.165, 1.54) is 12.5 Å². The lowest BCUT2D eigenvalue weighted by atomic mass is 10.1. The van der Waals surface area contributed by atoms with Gasteiger partial charge in [0, 0.05) is 24.3 Å². The van der Waals surface area contributed by atoms with Crippen molar-refractivity contribution in [3.8, 4) is 0 Å². The van der Waals surface area contributed by atoms with Crippen molar-refractivity contribution in [3.05, 3.63) is 51.9 Å². The molecule has 5 nitrogen and oxygen atoms in total. The molecule has 0 bridgehead atoms. The van der Waals surface area contributed by atoms with Crippen molar-refractivity contribution < 1.29 is 9.90 Å². The zero-order chi connectivity index (χ0) is 14.7. The van der Waals surface area contributed by atoms with Gasteiger partial charge in [-0.1, -0.05) is 22.0 Å². The van der Waals surface area contributed by atoms with E-state index in [0.717, 1.165) is 15.6 Å². The second kappa shape index (κ2) is 6.00. The monoisotopic (exact) mass is 335 g/mol. The number of rotatable bonds is 4. The van der Waals surface area contributed by atoms with Crippen LogP contribution < -0.4 is 4.90 Å². The number of carboxylic acids is 1. The fourth-order valence-electron chi connectivity index (χ4n) is 1.92. The smallest absolute Gasteiger partial charge is 0.341 e. The summed E-state index contributed by atoms with van der Waals surface area (Å²) in [6, 6.07) is 6.02. The number of carbonyl (C=O) groups is 1. The highest BCUT2D eigenvalue weighted by Gasteiger charge is 2.15. The van der Waals surface area contributed by atoms with E-state index in [0.29, 0.717) is 12.4 Å². The Morgan fingerprint density at radius 1 is 1.45 bits per heavy atom. The molecule has 2 rings (SSSR count). The van der Waals surface area contributed by atoms with Gasteiger partial charge in [-0.2, -0.15) is 0 Å². The summed E-state index contributed by atoms with van der Waals surface area (Å²) in [6.45, 7) is 2.59. The van der Waals surface area contributed by atoms with Crippen LogP contribution >= 0.6 is 15.9 Å². The van der Waals surface area contributed by atoms with E-state index in [9.17, 15) is 4.79 Å². The number of carboxylic acid groups (broad SMARTS) is 1. The molecule has 6 heteroatoms. The van der Waals surface area contributed by atoms with E-state index in [4.69, 9.17) is 5.11 Å². The Bertz CT molecular complexity index is 646. The largest absolute Gasteiger partial charge is 0.477 e. The van der Waals surface area contributed by atoms with Crippen LogP contribution in [0.4, 0.5) is 5.82 Å². The van der Waals surface area contributed by atoms with Crippen LogP contribution in [0.2, 0.25) is 0 Å². The SMILES string of the molecule is Cc1ccc(Br)cc1CN(C)c1ncncc1C(=O)O. The lowest BCUT2D eigenvalue weighted by Gasteiger charge is -2.20. The molecule has 0 aliphatic heterocycles. The predicted octanol–water partition coefficient (Wildman–Crippen LogP) is 2.88. The molecule has 0 atom stereocenters. The van der Waals surface area contributed by atoms with Gasteiger partial charge in [0.05, 0.1) is 0 Å². The second-order valence-corrected chi connectivity index (χ2v) is 5.41. The first-order chi connectivity index (χ1) is 9.49. The fraction of sp³-hybridized carbons (Fsp3) is 0.214. The fourth-order valence-corrected chi connectivity index (χ4v) is 2.33. The van der Waals surface area contributed by atoms with Crippen molar-refractivity contribution in [2.75, 3.05) is 11.9 Å². The molecular formula is C14H14BrN3O2. The predicted molar refractivity (Wildman–Crippen MR) is 80.0 cm³/mol. The number of aromatic carboxylic acids is 1. The van der Waals surface area contributed by atoms with Gasteiger partial charge in [-0.3, -0.25) is 0 Å². The highest BCUT2D eigenvalue weighted by atomic mass is 79.9. The lowest BCUT2D eigenvalue weighted by molar-refractivity contribution is 0.0696. The van der Waals surface area contributed by atoms with E-state index >= 15 is 0 Å². The molecule has 0 unspecified atom stereocenters. The average molecular weight is 336 g/mol. The van der Waals surface area contributed by atoms with Crippen molar-refractivity contribution in [2.45, 2.75) is 13.5 Å². The molecule has 1 N–H and O–H groups in total. The molecule has 104 valence electrons. The summed E-state index contributed by atoms with van der Waals surface area (Å²) in [5.74, 6) is -0.620. The second-order valence-electron chi connectivity index (χ2n) is 4.49. The van der Waals surface area contributed by atoms with Gasteiger partial charge in [0.2, 0.25) is 0 Å². The topological polar surface area (TPSA) is 66.3 Å². The van der Waals surface area contributed by atoms with Crippen LogP contribution in [0.25, 0.3) is 0 Å². The van der Waals surface area contributed by atoms with E-state index in [2.05, 4.69) is 25.9 Å². The molecule has 0 aliphatic rings. The normalized spacial score (nSPS) is 10.3. The molecule has 0 spiro atoms. The lowest BCUT2D eigenvalue weighted by Crippen LogP contribution is -2.21. The van der Waals surface area contributed by atoms with E-state index < -0.39 is 5.97 Å². The van der Waals surface area contributed by atoms with Crippen molar-refractivity contribution in [3.63, 3.8) is 0 Å². The molecule has 0 amide bonds. The molecule has 1 aromatic carbocycles. The summed E-state index contributed by atoms with van der Waals surface area (Å²) in [7, 11) is 1.81. The third kappa shape index (κ3) is 3.14. The Kier molecular flexibility index (Phi) is 4.34. The van der Waals surface area contributed by atoms with Crippen LogP contribution in [0, 0.1) is 6.92 Å². The molecule has 2 aromatic rings. The molecular weight excluding hydrogens is 322 g/mol. The summed E-state index contributed by atoms with van der Waals surface area (Å²) in [6.07, 6.45) is 2.67. The summed E-state index contributed by atoms with van der Waals surface area (Å²) in [5.41, 5.74) is 2.35. The Balaban J connectivity index is 2.31. The van der Waals surface area contributed by atoms with Gasteiger partial charge in [-0.15, -0.1) is 0 Å². The molecule has 0 saturated carbocycles. The molecule has 20 heavy (non-hydrogen) atoms. The maximum absolute atomic E-state index is 11.2. The maximum atomic E-state index is 11.2. The Morgan fingerprint density at radius 3 is 2.90 bits per heavy atom. The zero-order valence-corrected chi connectivity index (χ0v) is 12.8. The standard InChI is InChI=1S/C14H14BrN3O2/c1-9-3-4-11(15)5-10(9)7-18(2)13-12(14(19)20)6-16-8-17-13/h3-6,8H,7H2,1-2H3,(H,19,20). The summed E-state index contributed by atoms with van der Waals surface area (Å²) in [4.78, 5) is 20.8. The van der Waals surface area contributed by atoms with Crippen LogP contribution in [-0.4, -0.2) is 28.1 Å². The number of anilines is 1. The highest BCUT2D eigenvalue weighted by Crippen LogP contribution is 2.21. The van der Waals surface area contributed by atoms with E-state index in [1.807, 2.05) is 32.2 Å². The number of aryl methyl sites for hydroxylation is 1. The van der Waals surface area contributed by atoms with Crippen molar-refractivity contribution in [1.29, 1.82) is 0 Å². The van der Waals surface area contributed by atoms with Crippen LogP contribution in [0.3, 0.4) is 0 Å². The van der Waals surface area contributed by atoms with Crippen LogP contribution in [-0.2, 0) is 6.54 Å². The van der Waals surface area contributed by atoms with Crippen LogP contribution in [0.1, 0.15) is 21.5 Å². The quantitative estimate of drug-likeness (QED) is 0.930. The van der Waals surface area contributed by atoms with Gasteiger partial charge in [0.15, 0.2) is 0 Å². The van der Waals surface area contributed by atoms with Crippen molar-refractivity contribution >= 4 is 27.7 Å². The number of hydrogen-bond donors (Lipinski definition) is 1. The van der Waals surface area contributed by atoms with Crippen LogP contribution in [0.15, 0.2) is 35.2 Å². The number of benzene rings is 1. The Morgan fingerprint density at radius 2 is 2.20 bits per heavy atom. The molecule has 1 heterocycles. The molecule has 0 fully saturated rings. The first-order valence-electron chi connectivity index (χ1n) is 5.98.